The van der Waals surface area contributed by atoms with Crippen LogP contribution in [0, 0.1) is 0 Å². The molecule has 148 valence electrons. The number of hydrogen-bond acceptors (Lipinski definition) is 9. The van der Waals surface area contributed by atoms with E-state index in [-0.39, 0.29) is 23.1 Å². The van der Waals surface area contributed by atoms with Gasteiger partial charge in [-0.05, 0) is 19.2 Å². The highest BCUT2D eigenvalue weighted by Gasteiger charge is 2.26. The number of likely N-dealkylation sites (N-methyl/N-ethyl adjacent to an activating group) is 1. The number of hydrogen-bond donors (Lipinski definition) is 1. The van der Waals surface area contributed by atoms with Crippen molar-refractivity contribution >= 4 is 9.84 Å². The molecule has 1 saturated heterocycles. The minimum atomic E-state index is -3.53. The summed E-state index contributed by atoms with van der Waals surface area (Å²) in [6.45, 7) is 2.54. The summed E-state index contributed by atoms with van der Waals surface area (Å²) in [5.41, 5.74) is 0. The molecular formula is C17H24N4O5S. The fourth-order valence-corrected chi connectivity index (χ4v) is 4.19. The van der Waals surface area contributed by atoms with Crippen LogP contribution in [0.5, 0.6) is 11.5 Å². The fourth-order valence-electron chi connectivity index (χ4n) is 2.95. The normalized spacial score (nSPS) is 18.4. The summed E-state index contributed by atoms with van der Waals surface area (Å²) >= 11 is 0. The standard InChI is InChI=1S/C17H24N4O5S/c1-21-8-7-18-11-13(21)17-19-16(26-20-17)6-9-27(22,23)12-4-5-14(24-2)15(10-12)25-3/h4-5,10,13,18H,6-9,11H2,1-3H3. The zero-order valence-electron chi connectivity index (χ0n) is 15.6. The lowest BCUT2D eigenvalue weighted by Gasteiger charge is -2.30. The Morgan fingerprint density at radius 2 is 2.07 bits per heavy atom. The Morgan fingerprint density at radius 1 is 1.30 bits per heavy atom. The number of piperazine rings is 1. The summed E-state index contributed by atoms with van der Waals surface area (Å²) in [6, 6.07) is 4.55. The van der Waals surface area contributed by atoms with Crippen LogP contribution in [0.1, 0.15) is 17.8 Å². The molecule has 3 rings (SSSR count). The second kappa shape index (κ2) is 8.24. The molecule has 2 heterocycles. The first-order valence-electron chi connectivity index (χ1n) is 8.63. The topological polar surface area (TPSA) is 107 Å². The molecule has 1 aromatic heterocycles. The monoisotopic (exact) mass is 396 g/mol. The summed E-state index contributed by atoms with van der Waals surface area (Å²) in [4.78, 5) is 6.68. The molecule has 0 amide bonds. The van der Waals surface area contributed by atoms with E-state index in [4.69, 9.17) is 14.0 Å². The highest BCUT2D eigenvalue weighted by molar-refractivity contribution is 7.91. The van der Waals surface area contributed by atoms with E-state index in [9.17, 15) is 8.42 Å². The molecule has 1 atom stereocenters. The number of nitrogens with one attached hydrogen (secondary N) is 1. The molecular weight excluding hydrogens is 372 g/mol. The van der Waals surface area contributed by atoms with Crippen molar-refractivity contribution in [1.82, 2.24) is 20.4 Å². The van der Waals surface area contributed by atoms with Gasteiger partial charge in [0.15, 0.2) is 27.2 Å². The van der Waals surface area contributed by atoms with E-state index in [1.807, 2.05) is 7.05 Å². The van der Waals surface area contributed by atoms with Gasteiger partial charge >= 0.3 is 0 Å². The maximum absolute atomic E-state index is 12.6. The van der Waals surface area contributed by atoms with Gasteiger partial charge in [-0.3, -0.25) is 4.90 Å². The molecule has 1 aliphatic rings. The van der Waals surface area contributed by atoms with E-state index in [1.165, 1.54) is 26.4 Å². The highest BCUT2D eigenvalue weighted by Crippen LogP contribution is 2.30. The van der Waals surface area contributed by atoms with E-state index in [1.54, 1.807) is 6.07 Å². The van der Waals surface area contributed by atoms with Crippen LogP contribution < -0.4 is 14.8 Å². The first kappa shape index (κ1) is 19.6. The summed E-state index contributed by atoms with van der Waals surface area (Å²) < 4.78 is 40.8. The van der Waals surface area contributed by atoms with Gasteiger partial charge in [0, 0.05) is 32.1 Å². The molecule has 0 spiro atoms. The van der Waals surface area contributed by atoms with Crippen LogP contribution in [0.2, 0.25) is 0 Å². The van der Waals surface area contributed by atoms with Crippen molar-refractivity contribution in [2.45, 2.75) is 17.4 Å². The van der Waals surface area contributed by atoms with Crippen molar-refractivity contribution in [3.63, 3.8) is 0 Å². The maximum Gasteiger partial charge on any atom is 0.227 e. The smallest absolute Gasteiger partial charge is 0.227 e. The van der Waals surface area contributed by atoms with Gasteiger partial charge in [0.25, 0.3) is 0 Å². The van der Waals surface area contributed by atoms with Gasteiger partial charge in [0.1, 0.15) is 0 Å². The number of sulfone groups is 1. The van der Waals surface area contributed by atoms with Crippen LogP contribution in [0.15, 0.2) is 27.6 Å². The van der Waals surface area contributed by atoms with E-state index in [0.717, 1.165) is 19.6 Å². The Labute approximate surface area is 158 Å². The van der Waals surface area contributed by atoms with Crippen molar-refractivity contribution in [1.29, 1.82) is 0 Å². The highest BCUT2D eigenvalue weighted by atomic mass is 32.2. The van der Waals surface area contributed by atoms with Crippen molar-refractivity contribution < 1.29 is 22.4 Å². The summed E-state index contributed by atoms with van der Waals surface area (Å²) in [6.07, 6.45) is 0.146. The van der Waals surface area contributed by atoms with Gasteiger partial charge in [-0.1, -0.05) is 5.16 Å². The minimum absolute atomic E-state index is 0.0266. The maximum atomic E-state index is 12.6. The van der Waals surface area contributed by atoms with E-state index in [2.05, 4.69) is 20.4 Å². The van der Waals surface area contributed by atoms with Gasteiger partial charge in [-0.25, -0.2) is 8.42 Å². The summed E-state index contributed by atoms with van der Waals surface area (Å²) in [5.74, 6) is 1.59. The van der Waals surface area contributed by atoms with Crippen molar-refractivity contribution in [2.24, 2.45) is 0 Å². The number of ether oxygens (including phenoxy) is 2. The number of rotatable bonds is 7. The van der Waals surface area contributed by atoms with Crippen LogP contribution in [0.25, 0.3) is 0 Å². The third kappa shape index (κ3) is 4.40. The third-order valence-corrected chi connectivity index (χ3v) is 6.31. The Bertz CT molecular complexity index is 883. The van der Waals surface area contributed by atoms with Crippen LogP contribution in [-0.4, -0.2) is 70.1 Å². The van der Waals surface area contributed by atoms with Gasteiger partial charge in [0.2, 0.25) is 5.89 Å². The number of aryl methyl sites for hydroxylation is 1. The Morgan fingerprint density at radius 3 is 2.78 bits per heavy atom. The van der Waals surface area contributed by atoms with Crippen LogP contribution >= 0.6 is 0 Å². The molecule has 9 nitrogen and oxygen atoms in total. The van der Waals surface area contributed by atoms with Crippen LogP contribution in [0.4, 0.5) is 0 Å². The molecule has 27 heavy (non-hydrogen) atoms. The van der Waals surface area contributed by atoms with E-state index >= 15 is 0 Å². The minimum Gasteiger partial charge on any atom is -0.493 e. The number of benzene rings is 1. The predicted molar refractivity (Wildman–Crippen MR) is 97.8 cm³/mol. The Kier molecular flexibility index (Phi) is 5.98. The zero-order chi connectivity index (χ0) is 19.4. The first-order valence-corrected chi connectivity index (χ1v) is 10.3. The molecule has 0 saturated carbocycles. The first-order chi connectivity index (χ1) is 12.9. The molecule has 1 unspecified atom stereocenters. The lowest BCUT2D eigenvalue weighted by atomic mass is 10.2. The van der Waals surface area contributed by atoms with Gasteiger partial charge in [-0.15, -0.1) is 0 Å². The van der Waals surface area contributed by atoms with Crippen LogP contribution in [0.3, 0.4) is 0 Å². The SMILES string of the molecule is COc1ccc(S(=O)(=O)CCc2nc(C3CNCCN3C)no2)cc1OC. The lowest BCUT2D eigenvalue weighted by molar-refractivity contribution is 0.190. The molecule has 10 heteroatoms. The fraction of sp³-hybridized carbons (Fsp3) is 0.529. The number of methoxy groups -OCH3 is 2. The average Bonchev–Trinajstić information content (AvgIpc) is 3.15. The quantitative estimate of drug-likeness (QED) is 0.723. The van der Waals surface area contributed by atoms with Gasteiger partial charge in [0.05, 0.1) is 30.9 Å². The van der Waals surface area contributed by atoms with E-state index < -0.39 is 9.84 Å². The second-order valence-corrected chi connectivity index (χ2v) is 8.44. The molecule has 1 aliphatic heterocycles. The molecule has 0 radical (unpaired) electrons. The van der Waals surface area contributed by atoms with Crippen molar-refractivity contribution in [3.05, 3.63) is 29.9 Å². The van der Waals surface area contributed by atoms with Gasteiger partial charge in [-0.2, -0.15) is 4.98 Å². The summed E-state index contributed by atoms with van der Waals surface area (Å²) in [7, 11) is 1.44. The predicted octanol–water partition coefficient (Wildman–Crippen LogP) is 0.679. The molecule has 1 aromatic carbocycles. The largest absolute Gasteiger partial charge is 0.493 e. The number of aromatic nitrogens is 2. The molecule has 0 aliphatic carbocycles. The number of nitrogens with zero attached hydrogens (tertiary/aromatic N) is 3. The van der Waals surface area contributed by atoms with Crippen LogP contribution in [-0.2, 0) is 16.3 Å². The van der Waals surface area contributed by atoms with Crippen molar-refractivity contribution in [2.75, 3.05) is 46.7 Å². The third-order valence-electron chi connectivity index (χ3n) is 4.59. The lowest BCUT2D eigenvalue weighted by Crippen LogP contribution is -2.44. The van der Waals surface area contributed by atoms with Crippen molar-refractivity contribution in [3.8, 4) is 11.5 Å². The zero-order valence-corrected chi connectivity index (χ0v) is 16.5. The average molecular weight is 396 g/mol. The Balaban J connectivity index is 1.69. The molecule has 1 fully saturated rings. The van der Waals surface area contributed by atoms with E-state index in [0.29, 0.717) is 23.2 Å². The summed E-state index contributed by atoms with van der Waals surface area (Å²) in [5, 5.41) is 7.30. The molecule has 0 bridgehead atoms. The van der Waals surface area contributed by atoms with Gasteiger partial charge < -0.3 is 19.3 Å². The second-order valence-electron chi connectivity index (χ2n) is 6.33. The molecule has 1 N–H and O–H groups in total. The Hall–Kier alpha value is -2.17. The molecule has 2 aromatic rings.